The molecule has 1 atom stereocenters. The fraction of sp³-hybridized carbons (Fsp3) is 0.615. The van der Waals surface area contributed by atoms with Gasteiger partial charge in [0.05, 0.1) is 12.8 Å². The third kappa shape index (κ3) is 5.06. The van der Waals surface area contributed by atoms with Gasteiger partial charge in [-0.15, -0.1) is 0 Å². The van der Waals surface area contributed by atoms with Gasteiger partial charge in [0.2, 0.25) is 0 Å². The van der Waals surface area contributed by atoms with Crippen molar-refractivity contribution in [3.63, 3.8) is 0 Å². The molecule has 1 unspecified atom stereocenters. The Balaban J connectivity index is 2.48. The van der Waals surface area contributed by atoms with Gasteiger partial charge in [0.15, 0.2) is 0 Å². The van der Waals surface area contributed by atoms with E-state index in [1.54, 1.807) is 12.3 Å². The Morgan fingerprint density at radius 2 is 2.11 bits per heavy atom. The van der Waals surface area contributed by atoms with Crippen LogP contribution in [0.3, 0.4) is 0 Å². The third-order valence-electron chi connectivity index (χ3n) is 3.06. The summed E-state index contributed by atoms with van der Waals surface area (Å²) in [6, 6.07) is 1.62. The van der Waals surface area contributed by atoms with Gasteiger partial charge in [-0.3, -0.25) is 4.98 Å². The van der Waals surface area contributed by atoms with Gasteiger partial charge in [0.25, 0.3) is 0 Å². The van der Waals surface area contributed by atoms with Crippen LogP contribution in [-0.2, 0) is 0 Å². The van der Waals surface area contributed by atoms with Crippen LogP contribution >= 0.6 is 0 Å². The highest BCUT2D eigenvalue weighted by molar-refractivity contribution is 6.58. The van der Waals surface area contributed by atoms with Crippen molar-refractivity contribution >= 4 is 12.6 Å². The smallest absolute Gasteiger partial charge is 0.490 e. The molecule has 0 aliphatic heterocycles. The number of ether oxygens (including phenoxy) is 1. The minimum Gasteiger partial charge on any atom is -0.492 e. The molecule has 4 nitrogen and oxygen atoms in total. The van der Waals surface area contributed by atoms with Crippen LogP contribution in [0.15, 0.2) is 18.5 Å². The molecule has 0 aromatic carbocycles. The number of aromatic nitrogens is 1. The molecule has 1 aromatic rings. The zero-order valence-electron chi connectivity index (χ0n) is 11.2. The summed E-state index contributed by atoms with van der Waals surface area (Å²) in [6.45, 7) is 5.00. The first-order valence-electron chi connectivity index (χ1n) is 6.61. The second-order valence-electron chi connectivity index (χ2n) is 4.56. The van der Waals surface area contributed by atoms with Crippen molar-refractivity contribution in [3.05, 3.63) is 18.5 Å². The Kier molecular flexibility index (Phi) is 6.76. The number of unbranched alkanes of at least 4 members (excludes halogenated alkanes) is 1. The van der Waals surface area contributed by atoms with E-state index < -0.39 is 7.12 Å². The topological polar surface area (TPSA) is 62.6 Å². The van der Waals surface area contributed by atoms with Crippen molar-refractivity contribution in [2.45, 2.75) is 39.5 Å². The summed E-state index contributed by atoms with van der Waals surface area (Å²) in [6.07, 6.45) is 7.70. The minimum absolute atomic E-state index is 0.356. The molecular weight excluding hydrogens is 229 g/mol. The highest BCUT2D eigenvalue weighted by Crippen LogP contribution is 2.15. The second kappa shape index (κ2) is 8.11. The Hall–Kier alpha value is -1.07. The molecule has 0 spiro atoms. The van der Waals surface area contributed by atoms with E-state index in [0.717, 1.165) is 6.42 Å². The van der Waals surface area contributed by atoms with Gasteiger partial charge >= 0.3 is 7.12 Å². The number of hydrogen-bond donors (Lipinski definition) is 2. The first kappa shape index (κ1) is 15.0. The van der Waals surface area contributed by atoms with Crippen molar-refractivity contribution in [2.24, 2.45) is 5.92 Å². The molecule has 0 amide bonds. The van der Waals surface area contributed by atoms with Gasteiger partial charge in [-0.1, -0.05) is 33.1 Å². The van der Waals surface area contributed by atoms with E-state index in [1.807, 2.05) is 0 Å². The van der Waals surface area contributed by atoms with E-state index in [1.165, 1.54) is 25.5 Å². The van der Waals surface area contributed by atoms with Crippen molar-refractivity contribution in [1.29, 1.82) is 0 Å². The Bertz CT molecular complexity index is 347. The molecule has 2 N–H and O–H groups in total. The summed E-state index contributed by atoms with van der Waals surface area (Å²) < 4.78 is 5.66. The summed E-state index contributed by atoms with van der Waals surface area (Å²) in [5.74, 6) is 1.14. The fourth-order valence-corrected chi connectivity index (χ4v) is 1.77. The highest BCUT2D eigenvalue weighted by atomic mass is 16.5. The molecule has 0 bridgehead atoms. The number of nitrogens with zero attached hydrogens (tertiary/aromatic N) is 1. The van der Waals surface area contributed by atoms with Gasteiger partial charge in [-0.05, 0) is 18.4 Å². The average molecular weight is 251 g/mol. The lowest BCUT2D eigenvalue weighted by molar-refractivity contribution is 0.232. The third-order valence-corrected chi connectivity index (χ3v) is 3.06. The van der Waals surface area contributed by atoms with Crippen molar-refractivity contribution in [1.82, 2.24) is 4.98 Å². The number of pyridine rings is 1. The normalized spacial score (nSPS) is 12.2. The van der Waals surface area contributed by atoms with E-state index in [2.05, 4.69) is 18.8 Å². The molecule has 0 aliphatic rings. The molecule has 1 heterocycles. The zero-order valence-corrected chi connectivity index (χ0v) is 11.2. The lowest BCUT2D eigenvalue weighted by atomic mass is 9.82. The largest absolute Gasteiger partial charge is 0.492 e. The van der Waals surface area contributed by atoms with Gasteiger partial charge < -0.3 is 14.8 Å². The summed E-state index contributed by atoms with van der Waals surface area (Å²) in [7, 11) is -1.50. The van der Waals surface area contributed by atoms with Crippen LogP contribution in [0, 0.1) is 5.92 Å². The standard InChI is InChI=1S/C13H22BNO3/c1-3-5-6-11(4-2)10-18-13-7-12(14(16)17)8-15-9-13/h7-9,11,16-17H,3-6,10H2,1-2H3. The van der Waals surface area contributed by atoms with Crippen LogP contribution in [0.2, 0.25) is 0 Å². The molecule has 1 rings (SSSR count). The SMILES string of the molecule is CCCCC(CC)COc1cncc(B(O)O)c1. The fourth-order valence-electron chi connectivity index (χ4n) is 1.77. The van der Waals surface area contributed by atoms with E-state index >= 15 is 0 Å². The lowest BCUT2D eigenvalue weighted by Gasteiger charge is -2.15. The maximum atomic E-state index is 9.05. The quantitative estimate of drug-likeness (QED) is 0.685. The van der Waals surface area contributed by atoms with Crippen LogP contribution in [0.25, 0.3) is 0 Å². The Morgan fingerprint density at radius 1 is 1.33 bits per heavy atom. The molecule has 0 fully saturated rings. The summed E-state index contributed by atoms with van der Waals surface area (Å²) >= 11 is 0. The van der Waals surface area contributed by atoms with E-state index in [-0.39, 0.29) is 0 Å². The van der Waals surface area contributed by atoms with Crippen molar-refractivity contribution in [2.75, 3.05) is 6.61 Å². The molecular formula is C13H22BNO3. The molecule has 5 heteroatoms. The summed E-state index contributed by atoms with van der Waals surface area (Å²) in [5.41, 5.74) is 0.356. The molecule has 18 heavy (non-hydrogen) atoms. The van der Waals surface area contributed by atoms with Gasteiger partial charge in [0.1, 0.15) is 5.75 Å². The van der Waals surface area contributed by atoms with Crippen LogP contribution < -0.4 is 10.2 Å². The van der Waals surface area contributed by atoms with Gasteiger partial charge in [-0.2, -0.15) is 0 Å². The van der Waals surface area contributed by atoms with Crippen LogP contribution in [0.1, 0.15) is 39.5 Å². The minimum atomic E-state index is -1.50. The predicted molar refractivity (Wildman–Crippen MR) is 72.9 cm³/mol. The highest BCUT2D eigenvalue weighted by Gasteiger charge is 2.13. The summed E-state index contributed by atoms with van der Waals surface area (Å²) in [4.78, 5) is 3.93. The molecule has 0 aliphatic carbocycles. The number of hydrogen-bond acceptors (Lipinski definition) is 4. The van der Waals surface area contributed by atoms with Crippen molar-refractivity contribution < 1.29 is 14.8 Å². The number of rotatable bonds is 8. The van der Waals surface area contributed by atoms with Crippen LogP contribution in [-0.4, -0.2) is 28.8 Å². The average Bonchev–Trinajstić information content (AvgIpc) is 2.39. The first-order chi connectivity index (χ1) is 8.67. The molecule has 0 saturated carbocycles. The van der Waals surface area contributed by atoms with Crippen molar-refractivity contribution in [3.8, 4) is 5.75 Å². The van der Waals surface area contributed by atoms with Crippen LogP contribution in [0.5, 0.6) is 5.75 Å². The maximum Gasteiger partial charge on any atom is 0.490 e. The summed E-state index contributed by atoms with van der Waals surface area (Å²) in [5, 5.41) is 18.1. The monoisotopic (exact) mass is 251 g/mol. The van der Waals surface area contributed by atoms with E-state index in [0.29, 0.717) is 23.7 Å². The second-order valence-corrected chi connectivity index (χ2v) is 4.56. The Labute approximate surface area is 109 Å². The molecule has 100 valence electrons. The maximum absolute atomic E-state index is 9.05. The molecule has 1 aromatic heterocycles. The van der Waals surface area contributed by atoms with E-state index in [9.17, 15) is 0 Å². The molecule has 0 saturated heterocycles. The lowest BCUT2D eigenvalue weighted by Crippen LogP contribution is -2.30. The predicted octanol–water partition coefficient (Wildman–Crippen LogP) is 1.36. The zero-order chi connectivity index (χ0) is 13.4. The van der Waals surface area contributed by atoms with Crippen LogP contribution in [0.4, 0.5) is 0 Å². The Morgan fingerprint density at radius 3 is 2.72 bits per heavy atom. The first-order valence-corrected chi connectivity index (χ1v) is 6.61. The van der Waals surface area contributed by atoms with Gasteiger partial charge in [0, 0.05) is 11.7 Å². The van der Waals surface area contributed by atoms with E-state index in [4.69, 9.17) is 14.8 Å². The molecule has 0 radical (unpaired) electrons. The van der Waals surface area contributed by atoms with Gasteiger partial charge in [-0.25, -0.2) is 0 Å².